The SMILES string of the molecule is CN1CCN(C(=O)CN(C)S(=O)(=O)c2ccc3c(c2)OCCCO3)c2nc3ccccc3nc21. The fourth-order valence-electron chi connectivity index (χ4n) is 3.97. The summed E-state index contributed by atoms with van der Waals surface area (Å²) < 4.78 is 38.7. The standard InChI is InChI=1S/C23H25N5O5S/c1-26-10-11-28(23-22(26)24-17-6-3-4-7-18(17)25-23)21(29)15-27(2)34(30,31)16-8-9-19-20(14-16)33-13-5-12-32-19/h3-4,6-9,14H,5,10-13,15H2,1-2H3. The molecule has 0 aliphatic carbocycles. The van der Waals surface area contributed by atoms with Gasteiger partial charge in [-0.2, -0.15) is 4.31 Å². The van der Waals surface area contributed by atoms with E-state index in [4.69, 9.17) is 9.47 Å². The second-order valence-corrected chi connectivity index (χ2v) is 10.3. The highest BCUT2D eigenvalue weighted by atomic mass is 32.2. The number of para-hydroxylation sites is 2. The number of carbonyl (C=O) groups is 1. The Morgan fingerprint density at radius 3 is 2.41 bits per heavy atom. The van der Waals surface area contributed by atoms with Gasteiger partial charge in [0.2, 0.25) is 15.9 Å². The van der Waals surface area contributed by atoms with Gasteiger partial charge < -0.3 is 14.4 Å². The molecule has 3 heterocycles. The lowest BCUT2D eigenvalue weighted by Crippen LogP contribution is -2.47. The second-order valence-electron chi connectivity index (χ2n) is 8.25. The number of hydrogen-bond acceptors (Lipinski definition) is 8. The summed E-state index contributed by atoms with van der Waals surface area (Å²) in [5, 5.41) is 0. The summed E-state index contributed by atoms with van der Waals surface area (Å²) in [7, 11) is -0.655. The van der Waals surface area contributed by atoms with E-state index in [1.165, 1.54) is 24.1 Å². The summed E-state index contributed by atoms with van der Waals surface area (Å²) in [6.45, 7) is 1.56. The van der Waals surface area contributed by atoms with Crippen molar-refractivity contribution in [3.8, 4) is 11.5 Å². The number of sulfonamides is 1. The topological polar surface area (TPSA) is 105 Å². The molecule has 11 heteroatoms. The maximum Gasteiger partial charge on any atom is 0.243 e. The van der Waals surface area contributed by atoms with E-state index in [2.05, 4.69) is 9.97 Å². The van der Waals surface area contributed by atoms with Crippen LogP contribution in [-0.2, 0) is 14.8 Å². The minimum atomic E-state index is -3.94. The first kappa shape index (κ1) is 22.4. The van der Waals surface area contributed by atoms with Crippen LogP contribution in [0, 0.1) is 0 Å². The third kappa shape index (κ3) is 4.01. The lowest BCUT2D eigenvalue weighted by molar-refractivity contribution is -0.118. The number of amides is 1. The van der Waals surface area contributed by atoms with Crippen LogP contribution in [-0.4, -0.2) is 75.5 Å². The summed E-state index contributed by atoms with van der Waals surface area (Å²) in [5.74, 6) is 1.54. The Kier molecular flexibility index (Phi) is 5.74. The molecule has 1 amide bonds. The van der Waals surface area contributed by atoms with Gasteiger partial charge in [0.15, 0.2) is 23.1 Å². The van der Waals surface area contributed by atoms with Gasteiger partial charge in [-0.1, -0.05) is 12.1 Å². The lowest BCUT2D eigenvalue weighted by atomic mass is 10.2. The van der Waals surface area contributed by atoms with Crippen LogP contribution >= 0.6 is 0 Å². The number of hydrogen-bond donors (Lipinski definition) is 0. The Labute approximate surface area is 197 Å². The van der Waals surface area contributed by atoms with Crippen LogP contribution in [0.4, 0.5) is 11.6 Å². The largest absolute Gasteiger partial charge is 0.490 e. The number of rotatable bonds is 4. The molecule has 1 aromatic heterocycles. The van der Waals surface area contributed by atoms with Crippen molar-refractivity contribution in [1.82, 2.24) is 14.3 Å². The van der Waals surface area contributed by atoms with Gasteiger partial charge in [0.05, 0.1) is 35.7 Å². The smallest absolute Gasteiger partial charge is 0.243 e. The second kappa shape index (κ2) is 8.73. The van der Waals surface area contributed by atoms with E-state index in [1.54, 1.807) is 6.07 Å². The molecule has 34 heavy (non-hydrogen) atoms. The van der Waals surface area contributed by atoms with E-state index in [0.717, 1.165) is 16.2 Å². The molecule has 0 saturated carbocycles. The zero-order valence-electron chi connectivity index (χ0n) is 19.0. The molecule has 3 aromatic rings. The highest BCUT2D eigenvalue weighted by molar-refractivity contribution is 7.89. The number of anilines is 2. The zero-order valence-corrected chi connectivity index (χ0v) is 19.8. The maximum atomic E-state index is 13.3. The van der Waals surface area contributed by atoms with Crippen LogP contribution in [0.15, 0.2) is 47.4 Å². The Bertz CT molecular complexity index is 1360. The predicted octanol–water partition coefficient (Wildman–Crippen LogP) is 1.89. The van der Waals surface area contributed by atoms with Crippen molar-refractivity contribution in [2.24, 2.45) is 0 Å². The molecule has 178 valence electrons. The molecule has 0 fully saturated rings. The van der Waals surface area contributed by atoms with Crippen LogP contribution in [0.2, 0.25) is 0 Å². The minimum absolute atomic E-state index is 0.0385. The molecule has 0 N–H and O–H groups in total. The lowest BCUT2D eigenvalue weighted by Gasteiger charge is -2.34. The molecule has 10 nitrogen and oxygen atoms in total. The Hall–Kier alpha value is -3.44. The highest BCUT2D eigenvalue weighted by Crippen LogP contribution is 2.33. The fraction of sp³-hybridized carbons (Fsp3) is 0.348. The third-order valence-electron chi connectivity index (χ3n) is 5.90. The van der Waals surface area contributed by atoms with Gasteiger partial charge in [-0.15, -0.1) is 0 Å². The number of ether oxygens (including phenoxy) is 2. The Morgan fingerprint density at radius 2 is 1.68 bits per heavy atom. The number of carbonyl (C=O) groups excluding carboxylic acids is 1. The van der Waals surface area contributed by atoms with Crippen LogP contribution < -0.4 is 19.3 Å². The van der Waals surface area contributed by atoms with Crippen molar-refractivity contribution in [3.63, 3.8) is 0 Å². The van der Waals surface area contributed by atoms with Gasteiger partial charge in [0.25, 0.3) is 0 Å². The van der Waals surface area contributed by atoms with Gasteiger partial charge in [-0.25, -0.2) is 18.4 Å². The molecule has 0 unspecified atom stereocenters. The van der Waals surface area contributed by atoms with E-state index in [1.807, 2.05) is 36.2 Å². The van der Waals surface area contributed by atoms with Crippen molar-refractivity contribution in [3.05, 3.63) is 42.5 Å². The minimum Gasteiger partial charge on any atom is -0.490 e. The van der Waals surface area contributed by atoms with Gasteiger partial charge >= 0.3 is 0 Å². The predicted molar refractivity (Wildman–Crippen MR) is 127 cm³/mol. The summed E-state index contributed by atoms with van der Waals surface area (Å²) in [6, 6.07) is 11.9. The molecule has 5 rings (SSSR count). The quantitative estimate of drug-likeness (QED) is 0.554. The van der Waals surface area contributed by atoms with E-state index < -0.39 is 10.0 Å². The van der Waals surface area contributed by atoms with E-state index in [-0.39, 0.29) is 17.3 Å². The first-order valence-electron chi connectivity index (χ1n) is 11.0. The van der Waals surface area contributed by atoms with Gasteiger partial charge in [-0.05, 0) is 24.3 Å². The average Bonchev–Trinajstić information content (AvgIpc) is 3.08. The summed E-state index contributed by atoms with van der Waals surface area (Å²) in [5.41, 5.74) is 1.40. The maximum absolute atomic E-state index is 13.3. The van der Waals surface area contributed by atoms with Crippen LogP contribution in [0.1, 0.15) is 6.42 Å². The highest BCUT2D eigenvalue weighted by Gasteiger charge is 2.32. The summed E-state index contributed by atoms with van der Waals surface area (Å²) in [6.07, 6.45) is 0.718. The van der Waals surface area contributed by atoms with Crippen molar-refractivity contribution < 1.29 is 22.7 Å². The normalized spacial score (nSPS) is 15.9. The van der Waals surface area contributed by atoms with Crippen LogP contribution in [0.3, 0.4) is 0 Å². The average molecular weight is 484 g/mol. The molecule has 0 saturated heterocycles. The van der Waals surface area contributed by atoms with E-state index in [0.29, 0.717) is 55.0 Å². The van der Waals surface area contributed by atoms with E-state index in [9.17, 15) is 13.2 Å². The molecule has 0 bridgehead atoms. The molecular formula is C23H25N5O5S. The number of nitrogens with zero attached hydrogens (tertiary/aromatic N) is 5. The molecule has 2 aromatic carbocycles. The third-order valence-corrected chi connectivity index (χ3v) is 7.70. The van der Waals surface area contributed by atoms with Crippen LogP contribution in [0.5, 0.6) is 11.5 Å². The van der Waals surface area contributed by atoms with Gasteiger partial charge in [-0.3, -0.25) is 9.69 Å². The van der Waals surface area contributed by atoms with Crippen molar-refractivity contribution in [2.45, 2.75) is 11.3 Å². The Balaban J connectivity index is 1.40. The first-order chi connectivity index (χ1) is 16.3. The summed E-state index contributed by atoms with van der Waals surface area (Å²) in [4.78, 5) is 26.1. The first-order valence-corrected chi connectivity index (χ1v) is 12.4. The molecular weight excluding hydrogens is 458 g/mol. The van der Waals surface area contributed by atoms with Gasteiger partial charge in [0.1, 0.15) is 0 Å². The number of fused-ring (bicyclic) bond motifs is 3. The Morgan fingerprint density at radius 1 is 1.00 bits per heavy atom. The number of benzene rings is 2. The number of likely N-dealkylation sites (N-methyl/N-ethyl adjacent to an activating group) is 2. The zero-order chi connectivity index (χ0) is 23.9. The number of aromatic nitrogens is 2. The molecule has 0 radical (unpaired) electrons. The molecule has 2 aliphatic rings. The van der Waals surface area contributed by atoms with E-state index >= 15 is 0 Å². The summed E-state index contributed by atoms with van der Waals surface area (Å²) >= 11 is 0. The molecule has 0 atom stereocenters. The van der Waals surface area contributed by atoms with Crippen molar-refractivity contribution in [2.75, 3.05) is 56.7 Å². The molecule has 0 spiro atoms. The molecule has 2 aliphatic heterocycles. The van der Waals surface area contributed by atoms with Gasteiger partial charge in [0, 0.05) is 39.7 Å². The van der Waals surface area contributed by atoms with Crippen LogP contribution in [0.25, 0.3) is 11.0 Å². The van der Waals surface area contributed by atoms with Crippen molar-refractivity contribution in [1.29, 1.82) is 0 Å². The monoisotopic (exact) mass is 483 g/mol. The fourth-order valence-corrected chi connectivity index (χ4v) is 5.10. The van der Waals surface area contributed by atoms with Crippen molar-refractivity contribution >= 4 is 38.6 Å².